The van der Waals surface area contributed by atoms with Gasteiger partial charge in [-0.3, -0.25) is 13.9 Å². The Morgan fingerprint density at radius 2 is 1.41 bits per heavy atom. The van der Waals surface area contributed by atoms with Gasteiger partial charge in [-0.05, 0) is 67.1 Å². The fourth-order valence-electron chi connectivity index (χ4n) is 6.51. The van der Waals surface area contributed by atoms with Gasteiger partial charge in [0.05, 0.1) is 54.6 Å². The lowest BCUT2D eigenvalue weighted by atomic mass is 9.80. The molecular formula is C39H50N3O7+. The summed E-state index contributed by atoms with van der Waals surface area (Å²) in [7, 11) is 9.70. The zero-order valence-electron chi connectivity index (χ0n) is 29.5. The van der Waals surface area contributed by atoms with Crippen molar-refractivity contribution in [1.29, 1.82) is 0 Å². The van der Waals surface area contributed by atoms with Gasteiger partial charge in [-0.15, -0.1) is 0 Å². The van der Waals surface area contributed by atoms with Crippen molar-refractivity contribution in [3.63, 3.8) is 0 Å². The third-order valence-corrected chi connectivity index (χ3v) is 9.23. The van der Waals surface area contributed by atoms with Gasteiger partial charge < -0.3 is 28.5 Å². The predicted molar refractivity (Wildman–Crippen MR) is 189 cm³/mol. The average Bonchev–Trinajstić information content (AvgIpc) is 3.48. The summed E-state index contributed by atoms with van der Waals surface area (Å²) in [4.78, 5) is 26.7. The summed E-state index contributed by atoms with van der Waals surface area (Å²) in [6.45, 7) is 3.08. The Bertz CT molecular complexity index is 1730. The minimum atomic E-state index is -1.09. The molecule has 1 N–H and O–H groups in total. The van der Waals surface area contributed by atoms with Crippen LogP contribution in [-0.2, 0) is 21.6 Å². The topological polar surface area (TPSA) is 101 Å². The first-order valence-electron chi connectivity index (χ1n) is 16.9. The van der Waals surface area contributed by atoms with Gasteiger partial charge in [0.15, 0.2) is 0 Å². The van der Waals surface area contributed by atoms with Crippen LogP contribution in [0.3, 0.4) is 0 Å². The maximum absolute atomic E-state index is 13.7. The summed E-state index contributed by atoms with van der Waals surface area (Å²) >= 11 is 0. The number of methoxy groups -OCH3 is 2. The Morgan fingerprint density at radius 3 is 1.96 bits per heavy atom. The SMILES string of the molecule is COc1ccc(C(OCC2OC(n3cc(C)c(=O)n(CCCCC[N+](C)(C)C)c3=O)CC2O)(c2ccccc2)c2ccc(OC)cc2)cc1. The van der Waals surface area contributed by atoms with Crippen LogP contribution in [0.2, 0.25) is 0 Å². The highest BCUT2D eigenvalue weighted by Gasteiger charge is 2.42. The standard InChI is InChI=1S/C39H50N3O7/c1-28-26-41(38(45)40(37(28)44)23-11-8-12-24-42(2,3)4)36-25-34(43)35(49-36)27-48-39(29-13-9-7-10-14-29,30-15-19-32(46-5)20-16-30)31-17-21-33(47-6)22-18-31/h7,9-10,13-22,26,34-36,43H,8,11-12,23-25,27H2,1-6H3/q+1. The summed E-state index contributed by atoms with van der Waals surface area (Å²) in [5.41, 5.74) is 1.23. The molecule has 1 aliphatic heterocycles. The van der Waals surface area contributed by atoms with E-state index >= 15 is 0 Å². The van der Waals surface area contributed by atoms with Crippen molar-refractivity contribution in [2.24, 2.45) is 0 Å². The molecule has 0 bridgehead atoms. The number of hydrogen-bond acceptors (Lipinski definition) is 7. The number of nitrogens with zero attached hydrogens (tertiary/aromatic N) is 3. The van der Waals surface area contributed by atoms with Crippen molar-refractivity contribution >= 4 is 0 Å². The van der Waals surface area contributed by atoms with Crippen molar-refractivity contribution in [3.05, 3.63) is 128 Å². The van der Waals surface area contributed by atoms with Gasteiger partial charge in [0.25, 0.3) is 5.56 Å². The van der Waals surface area contributed by atoms with Crippen molar-refractivity contribution in [2.45, 2.75) is 63.2 Å². The molecule has 0 amide bonds. The van der Waals surface area contributed by atoms with Crippen molar-refractivity contribution in [3.8, 4) is 11.5 Å². The third-order valence-electron chi connectivity index (χ3n) is 9.23. The second kappa shape index (κ2) is 15.6. The lowest BCUT2D eigenvalue weighted by molar-refractivity contribution is -0.870. The van der Waals surface area contributed by atoms with Crippen LogP contribution in [-0.4, -0.2) is 79.4 Å². The maximum atomic E-state index is 13.7. The molecule has 3 atom stereocenters. The average molecular weight is 673 g/mol. The molecule has 1 saturated heterocycles. The second-order valence-electron chi connectivity index (χ2n) is 13.8. The summed E-state index contributed by atoms with van der Waals surface area (Å²) in [5.74, 6) is 1.42. The van der Waals surface area contributed by atoms with Gasteiger partial charge in [0.2, 0.25) is 0 Å². The Labute approximate surface area is 288 Å². The second-order valence-corrected chi connectivity index (χ2v) is 13.8. The number of aliphatic hydroxyl groups excluding tert-OH is 1. The fraction of sp³-hybridized carbons (Fsp3) is 0.436. The summed E-state index contributed by atoms with van der Waals surface area (Å²) in [6.07, 6.45) is 1.96. The van der Waals surface area contributed by atoms with Crippen molar-refractivity contribution in [1.82, 2.24) is 9.13 Å². The van der Waals surface area contributed by atoms with E-state index in [1.54, 1.807) is 27.3 Å². The number of hydrogen-bond donors (Lipinski definition) is 1. The highest BCUT2D eigenvalue weighted by atomic mass is 16.6. The minimum Gasteiger partial charge on any atom is -0.497 e. The number of quaternary nitrogens is 1. The lowest BCUT2D eigenvalue weighted by Crippen LogP contribution is -2.42. The highest BCUT2D eigenvalue weighted by Crippen LogP contribution is 2.42. The molecule has 0 aliphatic carbocycles. The normalized spacial score (nSPS) is 18.1. The lowest BCUT2D eigenvalue weighted by Gasteiger charge is -2.37. The molecule has 0 radical (unpaired) electrons. The van der Waals surface area contributed by atoms with Crippen LogP contribution in [0.1, 0.15) is 54.2 Å². The molecule has 3 unspecified atom stereocenters. The molecule has 3 aromatic carbocycles. The van der Waals surface area contributed by atoms with Crippen LogP contribution >= 0.6 is 0 Å². The van der Waals surface area contributed by atoms with Crippen LogP contribution in [0.25, 0.3) is 0 Å². The number of aromatic nitrogens is 2. The van der Waals surface area contributed by atoms with E-state index in [9.17, 15) is 14.7 Å². The maximum Gasteiger partial charge on any atom is 0.333 e. The summed E-state index contributed by atoms with van der Waals surface area (Å²) in [6, 6.07) is 25.4. The van der Waals surface area contributed by atoms with Crippen LogP contribution < -0.4 is 20.7 Å². The van der Waals surface area contributed by atoms with Gasteiger partial charge in [-0.2, -0.15) is 0 Å². The smallest absolute Gasteiger partial charge is 0.333 e. The largest absolute Gasteiger partial charge is 0.497 e. The Balaban J connectivity index is 1.43. The van der Waals surface area contributed by atoms with Crippen LogP contribution in [0.15, 0.2) is 94.6 Å². The number of aryl methyl sites for hydroxylation is 1. The predicted octanol–water partition coefficient (Wildman–Crippen LogP) is 4.87. The van der Waals surface area contributed by atoms with E-state index in [4.69, 9.17) is 18.9 Å². The van der Waals surface area contributed by atoms with Crippen molar-refractivity contribution in [2.75, 3.05) is 48.5 Å². The molecule has 2 heterocycles. The first-order chi connectivity index (χ1) is 23.5. The zero-order valence-corrected chi connectivity index (χ0v) is 29.5. The Morgan fingerprint density at radius 1 is 0.837 bits per heavy atom. The van der Waals surface area contributed by atoms with Crippen molar-refractivity contribution < 1.29 is 28.5 Å². The van der Waals surface area contributed by atoms with E-state index in [0.717, 1.165) is 47.0 Å². The zero-order chi connectivity index (χ0) is 35.2. The van der Waals surface area contributed by atoms with Crippen LogP contribution in [0.5, 0.6) is 11.5 Å². The number of unbranched alkanes of at least 4 members (excludes halogenated alkanes) is 2. The molecule has 4 aromatic rings. The first kappa shape index (κ1) is 36.1. The van der Waals surface area contributed by atoms with Gasteiger partial charge in [0, 0.05) is 24.7 Å². The van der Waals surface area contributed by atoms with Crippen LogP contribution in [0, 0.1) is 6.92 Å². The minimum absolute atomic E-state index is 0.0181. The highest BCUT2D eigenvalue weighted by molar-refractivity contribution is 5.49. The van der Waals surface area contributed by atoms with Crippen LogP contribution in [0.4, 0.5) is 0 Å². The van der Waals surface area contributed by atoms with Gasteiger partial charge >= 0.3 is 5.69 Å². The van der Waals surface area contributed by atoms with E-state index in [1.807, 2.05) is 78.9 Å². The molecule has 262 valence electrons. The van der Waals surface area contributed by atoms with E-state index in [2.05, 4.69) is 21.1 Å². The molecule has 5 rings (SSSR count). The van der Waals surface area contributed by atoms with E-state index in [0.29, 0.717) is 23.6 Å². The number of benzene rings is 3. The number of aliphatic hydroxyl groups is 1. The first-order valence-corrected chi connectivity index (χ1v) is 16.9. The molecule has 1 fully saturated rings. The Hall–Kier alpha value is -4.22. The molecule has 1 aliphatic rings. The fourth-order valence-corrected chi connectivity index (χ4v) is 6.51. The summed E-state index contributed by atoms with van der Waals surface area (Å²) < 4.78 is 27.9. The number of ether oxygens (including phenoxy) is 4. The van der Waals surface area contributed by atoms with Gasteiger partial charge in [-0.25, -0.2) is 4.79 Å². The molecular weight excluding hydrogens is 622 g/mol. The Kier molecular flexibility index (Phi) is 11.4. The molecule has 10 nitrogen and oxygen atoms in total. The van der Waals surface area contributed by atoms with Gasteiger partial charge in [0.1, 0.15) is 29.4 Å². The van der Waals surface area contributed by atoms with Gasteiger partial charge in [-0.1, -0.05) is 54.6 Å². The van der Waals surface area contributed by atoms with E-state index in [1.165, 1.54) is 9.13 Å². The molecule has 49 heavy (non-hydrogen) atoms. The van der Waals surface area contributed by atoms with E-state index in [-0.39, 0.29) is 18.6 Å². The third kappa shape index (κ3) is 8.16. The van der Waals surface area contributed by atoms with E-state index < -0.39 is 29.7 Å². The molecule has 0 spiro atoms. The molecule has 0 saturated carbocycles. The molecule has 1 aromatic heterocycles. The summed E-state index contributed by atoms with van der Waals surface area (Å²) in [5, 5.41) is 11.3. The number of rotatable bonds is 15. The quantitative estimate of drug-likeness (QED) is 0.109. The molecule has 10 heteroatoms. The monoisotopic (exact) mass is 672 g/mol.